The molecule has 0 aromatic heterocycles. The molecule has 1 atom stereocenters. The summed E-state index contributed by atoms with van der Waals surface area (Å²) in [7, 11) is 0. The van der Waals surface area contributed by atoms with Crippen LogP contribution in [0, 0.1) is 11.3 Å². The van der Waals surface area contributed by atoms with E-state index in [1.807, 2.05) is 12.1 Å². The van der Waals surface area contributed by atoms with Gasteiger partial charge >= 0.3 is 0 Å². The second-order valence-electron chi connectivity index (χ2n) is 7.40. The molecule has 6 nitrogen and oxygen atoms in total. The molecule has 2 heterocycles. The van der Waals surface area contributed by atoms with E-state index in [0.717, 1.165) is 36.4 Å². The maximum absolute atomic E-state index is 12.4. The van der Waals surface area contributed by atoms with E-state index < -0.39 is 0 Å². The molecule has 1 spiro atoms. The molecule has 128 valence electrons. The molecule has 6 heteroatoms. The van der Waals surface area contributed by atoms with Gasteiger partial charge in [-0.25, -0.2) is 5.06 Å². The maximum Gasteiger partial charge on any atom is 0.277 e. The van der Waals surface area contributed by atoms with Crippen LogP contribution < -0.4 is 5.32 Å². The van der Waals surface area contributed by atoms with Gasteiger partial charge in [-0.05, 0) is 42.5 Å². The largest absolute Gasteiger partial charge is 0.381 e. The Labute approximate surface area is 140 Å². The summed E-state index contributed by atoms with van der Waals surface area (Å²) in [5, 5.41) is 13.7. The Hall–Kier alpha value is -1.92. The van der Waals surface area contributed by atoms with E-state index in [9.17, 15) is 14.8 Å². The number of rotatable bonds is 3. The Morgan fingerprint density at radius 2 is 2.17 bits per heavy atom. The van der Waals surface area contributed by atoms with Crippen molar-refractivity contribution in [1.82, 2.24) is 10.4 Å². The molecular weight excluding hydrogens is 308 g/mol. The molecule has 0 bridgehead atoms. The SMILES string of the molecule is O=C1C[C@]2(CCc3cc(C(=O)N(O)CC4COC4)ccc3C2)CN1. The number of hydrogen-bond acceptors (Lipinski definition) is 4. The van der Waals surface area contributed by atoms with Crippen LogP contribution >= 0.6 is 0 Å². The van der Waals surface area contributed by atoms with Gasteiger partial charge in [-0.15, -0.1) is 0 Å². The summed E-state index contributed by atoms with van der Waals surface area (Å²) in [6.07, 6.45) is 3.30. The second-order valence-corrected chi connectivity index (χ2v) is 7.40. The normalized spacial score (nSPS) is 26.0. The van der Waals surface area contributed by atoms with E-state index in [4.69, 9.17) is 4.74 Å². The lowest BCUT2D eigenvalue weighted by Gasteiger charge is -2.33. The van der Waals surface area contributed by atoms with Crippen LogP contribution in [0.3, 0.4) is 0 Å². The number of amides is 2. The third-order valence-electron chi connectivity index (χ3n) is 5.51. The number of benzene rings is 1. The lowest BCUT2D eigenvalue weighted by atomic mass is 9.71. The molecule has 0 saturated carbocycles. The van der Waals surface area contributed by atoms with Crippen LogP contribution in [0.2, 0.25) is 0 Å². The lowest BCUT2D eigenvalue weighted by Crippen LogP contribution is -2.40. The van der Waals surface area contributed by atoms with Gasteiger partial charge in [0.1, 0.15) is 0 Å². The average molecular weight is 330 g/mol. The smallest absolute Gasteiger partial charge is 0.277 e. The van der Waals surface area contributed by atoms with E-state index >= 15 is 0 Å². The van der Waals surface area contributed by atoms with E-state index in [1.165, 1.54) is 5.56 Å². The number of nitrogens with zero attached hydrogens (tertiary/aromatic N) is 1. The second kappa shape index (κ2) is 5.86. The van der Waals surface area contributed by atoms with Crippen molar-refractivity contribution >= 4 is 11.8 Å². The zero-order valence-corrected chi connectivity index (χ0v) is 13.6. The molecule has 2 amide bonds. The van der Waals surface area contributed by atoms with Gasteiger partial charge in [0, 0.05) is 29.9 Å². The topological polar surface area (TPSA) is 78.9 Å². The van der Waals surface area contributed by atoms with Crippen molar-refractivity contribution in [2.45, 2.75) is 25.7 Å². The molecular formula is C18H22N2O4. The van der Waals surface area contributed by atoms with Gasteiger partial charge in [-0.3, -0.25) is 14.8 Å². The number of hydroxylamine groups is 2. The summed E-state index contributed by atoms with van der Waals surface area (Å²) in [4.78, 5) is 23.9. The zero-order chi connectivity index (χ0) is 16.7. The highest BCUT2D eigenvalue weighted by atomic mass is 16.5. The molecule has 1 aliphatic carbocycles. The standard InChI is InChI=1S/C18H22N2O4/c21-16-7-18(11-19-16)4-3-13-5-14(1-2-15(13)6-18)17(22)20(23)8-12-9-24-10-12/h1-2,5,12,23H,3-4,6-11H2,(H,19,21)/t18-/m1/s1. The van der Waals surface area contributed by atoms with Crippen molar-refractivity contribution in [1.29, 1.82) is 0 Å². The van der Waals surface area contributed by atoms with Gasteiger partial charge in [-0.2, -0.15) is 0 Å². The Balaban J connectivity index is 1.48. The first-order valence-electron chi connectivity index (χ1n) is 8.52. The Morgan fingerprint density at radius 1 is 1.33 bits per heavy atom. The molecule has 0 unspecified atom stereocenters. The van der Waals surface area contributed by atoms with Crippen molar-refractivity contribution in [2.75, 3.05) is 26.3 Å². The highest BCUT2D eigenvalue weighted by Crippen LogP contribution is 2.40. The highest BCUT2D eigenvalue weighted by Gasteiger charge is 2.40. The monoisotopic (exact) mass is 330 g/mol. The fourth-order valence-electron chi connectivity index (χ4n) is 3.98. The predicted molar refractivity (Wildman–Crippen MR) is 85.7 cm³/mol. The number of hydrogen-bond donors (Lipinski definition) is 2. The minimum absolute atomic E-state index is 0.0445. The van der Waals surface area contributed by atoms with Gasteiger partial charge in [0.2, 0.25) is 5.91 Å². The minimum atomic E-state index is -0.359. The number of carbonyl (C=O) groups is 2. The maximum atomic E-state index is 12.4. The fourth-order valence-corrected chi connectivity index (χ4v) is 3.98. The summed E-state index contributed by atoms with van der Waals surface area (Å²) in [5.41, 5.74) is 2.94. The number of ether oxygens (including phenoxy) is 1. The first-order valence-corrected chi connectivity index (χ1v) is 8.52. The van der Waals surface area contributed by atoms with E-state index in [1.54, 1.807) is 6.07 Å². The predicted octanol–water partition coefficient (Wildman–Crippen LogP) is 1.16. The van der Waals surface area contributed by atoms with Crippen molar-refractivity contribution < 1.29 is 19.5 Å². The Morgan fingerprint density at radius 3 is 2.83 bits per heavy atom. The molecule has 1 aromatic rings. The molecule has 4 rings (SSSR count). The summed E-state index contributed by atoms with van der Waals surface area (Å²) in [6.45, 7) is 2.26. The van der Waals surface area contributed by atoms with Crippen molar-refractivity contribution in [3.05, 3.63) is 34.9 Å². The van der Waals surface area contributed by atoms with Crippen LogP contribution in [-0.2, 0) is 22.4 Å². The van der Waals surface area contributed by atoms with Crippen LogP contribution in [0.5, 0.6) is 0 Å². The number of nitrogens with one attached hydrogen (secondary N) is 1. The third kappa shape index (κ3) is 2.80. The summed E-state index contributed by atoms with van der Waals surface area (Å²) < 4.78 is 5.07. The van der Waals surface area contributed by atoms with Crippen LogP contribution in [0.15, 0.2) is 18.2 Å². The van der Waals surface area contributed by atoms with Crippen molar-refractivity contribution in [2.24, 2.45) is 11.3 Å². The fraction of sp³-hybridized carbons (Fsp3) is 0.556. The Kier molecular flexibility index (Phi) is 3.81. The summed E-state index contributed by atoms with van der Waals surface area (Å²) >= 11 is 0. The molecule has 2 aliphatic heterocycles. The van der Waals surface area contributed by atoms with Crippen LogP contribution in [0.4, 0.5) is 0 Å². The first kappa shape index (κ1) is 15.6. The van der Waals surface area contributed by atoms with Gasteiger partial charge in [0.25, 0.3) is 5.91 Å². The molecule has 2 fully saturated rings. The lowest BCUT2D eigenvalue weighted by molar-refractivity contribution is -0.119. The molecule has 2 N–H and O–H groups in total. The van der Waals surface area contributed by atoms with Gasteiger partial charge in [0.05, 0.1) is 19.8 Å². The Bertz CT molecular complexity index is 686. The van der Waals surface area contributed by atoms with Crippen molar-refractivity contribution in [3.8, 4) is 0 Å². The van der Waals surface area contributed by atoms with Crippen LogP contribution in [-0.4, -0.2) is 48.4 Å². The molecule has 3 aliphatic rings. The molecule has 0 radical (unpaired) electrons. The first-order chi connectivity index (χ1) is 11.5. The number of carbonyl (C=O) groups excluding carboxylic acids is 2. The number of fused-ring (bicyclic) bond motifs is 1. The van der Waals surface area contributed by atoms with Gasteiger partial charge < -0.3 is 10.1 Å². The zero-order valence-electron chi connectivity index (χ0n) is 13.6. The van der Waals surface area contributed by atoms with Crippen LogP contribution in [0.25, 0.3) is 0 Å². The highest BCUT2D eigenvalue weighted by molar-refractivity contribution is 5.93. The van der Waals surface area contributed by atoms with Crippen LogP contribution in [0.1, 0.15) is 34.3 Å². The summed E-state index contributed by atoms with van der Waals surface area (Å²) in [6, 6.07) is 5.66. The average Bonchev–Trinajstić information content (AvgIpc) is 2.90. The molecule has 24 heavy (non-hydrogen) atoms. The van der Waals surface area contributed by atoms with Gasteiger partial charge in [0.15, 0.2) is 0 Å². The van der Waals surface area contributed by atoms with Crippen molar-refractivity contribution in [3.63, 3.8) is 0 Å². The van der Waals surface area contributed by atoms with E-state index in [0.29, 0.717) is 31.7 Å². The minimum Gasteiger partial charge on any atom is -0.381 e. The molecule has 1 aromatic carbocycles. The van der Waals surface area contributed by atoms with E-state index in [2.05, 4.69) is 5.32 Å². The van der Waals surface area contributed by atoms with E-state index in [-0.39, 0.29) is 23.1 Å². The third-order valence-corrected chi connectivity index (χ3v) is 5.51. The summed E-state index contributed by atoms with van der Waals surface area (Å²) in [5.74, 6) is 0.00711. The molecule has 2 saturated heterocycles. The number of aryl methyl sites for hydroxylation is 1. The quantitative estimate of drug-likeness (QED) is 0.644. The van der Waals surface area contributed by atoms with Gasteiger partial charge in [-0.1, -0.05) is 6.07 Å².